The van der Waals surface area contributed by atoms with E-state index >= 15 is 0 Å². The molecule has 2 aromatic carbocycles. The van der Waals surface area contributed by atoms with E-state index in [1.165, 1.54) is 11.3 Å². The first kappa shape index (κ1) is 18.2. The van der Waals surface area contributed by atoms with Crippen LogP contribution in [0.5, 0.6) is 5.75 Å². The molecule has 0 unspecified atom stereocenters. The molecular formula is C17H11BrCl2N2O2S. The Morgan fingerprint density at radius 1 is 1.20 bits per heavy atom. The minimum atomic E-state index is -0.286. The van der Waals surface area contributed by atoms with Gasteiger partial charge in [0.05, 0.1) is 10.7 Å². The second-order valence-corrected chi connectivity index (χ2v) is 7.57. The Bertz CT molecular complexity index is 900. The number of ether oxygens (including phenoxy) is 1. The van der Waals surface area contributed by atoms with E-state index in [0.29, 0.717) is 26.6 Å². The molecule has 8 heteroatoms. The zero-order valence-electron chi connectivity index (χ0n) is 12.6. The SMILES string of the molecule is O=C(COc1ccc(Br)cc1)Nc1nc(-c2ccc(Cl)cc2Cl)cs1. The number of hydrogen-bond donors (Lipinski definition) is 1. The Morgan fingerprint density at radius 3 is 2.68 bits per heavy atom. The van der Waals surface area contributed by atoms with Crippen molar-refractivity contribution in [3.8, 4) is 17.0 Å². The number of benzene rings is 2. The van der Waals surface area contributed by atoms with E-state index in [4.69, 9.17) is 27.9 Å². The number of carbonyl (C=O) groups excluding carboxylic acids is 1. The van der Waals surface area contributed by atoms with Crippen LogP contribution in [0.3, 0.4) is 0 Å². The minimum absolute atomic E-state index is 0.0990. The smallest absolute Gasteiger partial charge is 0.264 e. The van der Waals surface area contributed by atoms with Crippen LogP contribution in [-0.4, -0.2) is 17.5 Å². The molecule has 0 aliphatic rings. The fraction of sp³-hybridized carbons (Fsp3) is 0.0588. The van der Waals surface area contributed by atoms with Crippen molar-refractivity contribution in [3.63, 3.8) is 0 Å². The summed E-state index contributed by atoms with van der Waals surface area (Å²) in [4.78, 5) is 16.4. The first-order valence-electron chi connectivity index (χ1n) is 7.10. The van der Waals surface area contributed by atoms with Gasteiger partial charge in [0, 0.05) is 20.4 Å². The lowest BCUT2D eigenvalue weighted by molar-refractivity contribution is -0.118. The molecular weight excluding hydrogens is 447 g/mol. The molecule has 0 atom stereocenters. The van der Waals surface area contributed by atoms with Crippen LogP contribution < -0.4 is 10.1 Å². The monoisotopic (exact) mass is 456 g/mol. The zero-order valence-corrected chi connectivity index (χ0v) is 16.5. The lowest BCUT2D eigenvalue weighted by atomic mass is 10.2. The Kier molecular flexibility index (Phi) is 5.96. The third-order valence-electron chi connectivity index (χ3n) is 3.14. The molecule has 0 saturated heterocycles. The van der Waals surface area contributed by atoms with E-state index in [9.17, 15) is 4.79 Å². The quantitative estimate of drug-likeness (QED) is 0.519. The van der Waals surface area contributed by atoms with E-state index < -0.39 is 0 Å². The number of aromatic nitrogens is 1. The van der Waals surface area contributed by atoms with E-state index in [2.05, 4.69) is 26.2 Å². The maximum atomic E-state index is 12.0. The maximum absolute atomic E-state index is 12.0. The Hall–Kier alpha value is -1.60. The number of nitrogens with zero attached hydrogens (tertiary/aromatic N) is 1. The highest BCUT2D eigenvalue weighted by molar-refractivity contribution is 9.10. The van der Waals surface area contributed by atoms with Crippen molar-refractivity contribution in [1.82, 2.24) is 4.98 Å². The number of thiazole rings is 1. The van der Waals surface area contributed by atoms with Gasteiger partial charge in [-0.05, 0) is 42.5 Å². The van der Waals surface area contributed by atoms with Crippen molar-refractivity contribution in [2.75, 3.05) is 11.9 Å². The molecule has 0 bridgehead atoms. The number of hydrogen-bond acceptors (Lipinski definition) is 4. The molecule has 0 aliphatic carbocycles. The summed E-state index contributed by atoms with van der Waals surface area (Å²) in [5.41, 5.74) is 1.43. The van der Waals surface area contributed by atoms with Gasteiger partial charge in [-0.2, -0.15) is 0 Å². The van der Waals surface area contributed by atoms with Crippen LogP contribution in [0.2, 0.25) is 10.0 Å². The molecule has 0 fully saturated rings. The molecule has 1 aromatic heterocycles. The van der Waals surface area contributed by atoms with Gasteiger partial charge in [-0.15, -0.1) is 11.3 Å². The van der Waals surface area contributed by atoms with Gasteiger partial charge in [-0.25, -0.2) is 4.98 Å². The number of amides is 1. The van der Waals surface area contributed by atoms with E-state index in [1.54, 1.807) is 30.3 Å². The van der Waals surface area contributed by atoms with E-state index in [1.807, 2.05) is 17.5 Å². The zero-order chi connectivity index (χ0) is 17.8. The second-order valence-electron chi connectivity index (χ2n) is 4.95. The lowest BCUT2D eigenvalue weighted by Gasteiger charge is -2.05. The molecule has 3 aromatic rings. The van der Waals surface area contributed by atoms with Crippen molar-refractivity contribution in [3.05, 3.63) is 62.4 Å². The van der Waals surface area contributed by atoms with Gasteiger partial charge in [0.25, 0.3) is 5.91 Å². The molecule has 1 amide bonds. The Balaban J connectivity index is 1.60. The summed E-state index contributed by atoms with van der Waals surface area (Å²) in [7, 11) is 0. The van der Waals surface area contributed by atoms with Gasteiger partial charge in [0.15, 0.2) is 11.7 Å². The van der Waals surface area contributed by atoms with Crippen molar-refractivity contribution < 1.29 is 9.53 Å². The standard InChI is InChI=1S/C17H11BrCl2N2O2S/c18-10-1-4-12(5-2-10)24-8-16(23)22-17-21-15(9-25-17)13-6-3-11(19)7-14(13)20/h1-7,9H,8H2,(H,21,22,23). The number of nitrogens with one attached hydrogen (secondary N) is 1. The molecule has 128 valence electrons. The lowest BCUT2D eigenvalue weighted by Crippen LogP contribution is -2.20. The van der Waals surface area contributed by atoms with Gasteiger partial charge < -0.3 is 4.74 Å². The number of halogens is 3. The van der Waals surface area contributed by atoms with Crippen LogP contribution in [0.15, 0.2) is 52.3 Å². The third-order valence-corrected chi connectivity index (χ3v) is 4.98. The summed E-state index contributed by atoms with van der Waals surface area (Å²) in [6.45, 7) is -0.0990. The molecule has 3 rings (SSSR count). The summed E-state index contributed by atoms with van der Waals surface area (Å²) in [6.07, 6.45) is 0. The highest BCUT2D eigenvalue weighted by atomic mass is 79.9. The van der Waals surface area contributed by atoms with Crippen LogP contribution in [0.1, 0.15) is 0 Å². The number of anilines is 1. The van der Waals surface area contributed by atoms with Crippen molar-refractivity contribution in [2.45, 2.75) is 0 Å². The van der Waals surface area contributed by atoms with Crippen molar-refractivity contribution in [1.29, 1.82) is 0 Å². The molecule has 0 spiro atoms. The fourth-order valence-corrected chi connectivity index (χ4v) is 3.48. The molecule has 0 radical (unpaired) electrons. The normalized spacial score (nSPS) is 10.5. The van der Waals surface area contributed by atoms with Gasteiger partial charge in [0.2, 0.25) is 0 Å². The van der Waals surface area contributed by atoms with Crippen LogP contribution >= 0.6 is 50.5 Å². The molecule has 4 nitrogen and oxygen atoms in total. The molecule has 0 aliphatic heterocycles. The number of rotatable bonds is 5. The van der Waals surface area contributed by atoms with Gasteiger partial charge in [-0.3, -0.25) is 10.1 Å². The highest BCUT2D eigenvalue weighted by Crippen LogP contribution is 2.32. The number of carbonyl (C=O) groups is 1. The third kappa shape index (κ3) is 4.95. The average Bonchev–Trinajstić information content (AvgIpc) is 3.02. The van der Waals surface area contributed by atoms with Gasteiger partial charge >= 0.3 is 0 Å². The Morgan fingerprint density at radius 2 is 1.96 bits per heavy atom. The van der Waals surface area contributed by atoms with Crippen LogP contribution in [0.4, 0.5) is 5.13 Å². The van der Waals surface area contributed by atoms with Crippen molar-refractivity contribution in [2.24, 2.45) is 0 Å². The van der Waals surface area contributed by atoms with Crippen LogP contribution in [0.25, 0.3) is 11.3 Å². The molecule has 1 heterocycles. The van der Waals surface area contributed by atoms with Gasteiger partial charge in [-0.1, -0.05) is 39.1 Å². The van der Waals surface area contributed by atoms with E-state index in [-0.39, 0.29) is 12.5 Å². The first-order valence-corrected chi connectivity index (χ1v) is 9.53. The second kappa shape index (κ2) is 8.19. The van der Waals surface area contributed by atoms with E-state index in [0.717, 1.165) is 10.0 Å². The van der Waals surface area contributed by atoms with Crippen LogP contribution in [-0.2, 0) is 4.79 Å². The Labute approximate surface area is 166 Å². The predicted octanol–water partition coefficient (Wildman–Crippen LogP) is 5.90. The highest BCUT2D eigenvalue weighted by Gasteiger charge is 2.11. The fourth-order valence-electron chi connectivity index (χ4n) is 1.99. The molecule has 25 heavy (non-hydrogen) atoms. The average molecular weight is 458 g/mol. The minimum Gasteiger partial charge on any atom is -0.484 e. The largest absolute Gasteiger partial charge is 0.484 e. The molecule has 0 saturated carbocycles. The summed E-state index contributed by atoms with van der Waals surface area (Å²) in [6, 6.07) is 12.4. The first-order chi connectivity index (χ1) is 12.0. The summed E-state index contributed by atoms with van der Waals surface area (Å²) < 4.78 is 6.37. The summed E-state index contributed by atoms with van der Waals surface area (Å²) in [5, 5.41) is 6.07. The summed E-state index contributed by atoms with van der Waals surface area (Å²) >= 11 is 16.7. The van der Waals surface area contributed by atoms with Crippen LogP contribution in [0, 0.1) is 0 Å². The molecule has 1 N–H and O–H groups in total. The van der Waals surface area contributed by atoms with Crippen molar-refractivity contribution >= 4 is 61.5 Å². The van der Waals surface area contributed by atoms with Gasteiger partial charge in [0.1, 0.15) is 5.75 Å². The topological polar surface area (TPSA) is 51.2 Å². The predicted molar refractivity (Wildman–Crippen MR) is 106 cm³/mol. The maximum Gasteiger partial charge on any atom is 0.264 e. The summed E-state index contributed by atoms with van der Waals surface area (Å²) in [5.74, 6) is 0.331.